The third-order valence-corrected chi connectivity index (χ3v) is 3.92. The van der Waals surface area contributed by atoms with Crippen LogP contribution in [0.3, 0.4) is 0 Å². The fourth-order valence-corrected chi connectivity index (χ4v) is 3.03. The van der Waals surface area contributed by atoms with Gasteiger partial charge in [0.05, 0.1) is 5.69 Å². The number of rotatable bonds is 3. The second kappa shape index (κ2) is 4.49. The number of nitrogens with zero attached hydrogens (tertiary/aromatic N) is 2. The van der Waals surface area contributed by atoms with Gasteiger partial charge in [0.15, 0.2) is 5.13 Å². The standard InChI is InChI=1S/C10H15ClN2S/c1-8-7-14-10(12-8)13-5-3-9(6-13)2-4-11/h7,9H,2-6H2,1H3. The van der Waals surface area contributed by atoms with Gasteiger partial charge in [-0.05, 0) is 25.7 Å². The van der Waals surface area contributed by atoms with E-state index >= 15 is 0 Å². The summed E-state index contributed by atoms with van der Waals surface area (Å²) in [6, 6.07) is 0. The van der Waals surface area contributed by atoms with Gasteiger partial charge in [-0.1, -0.05) is 0 Å². The highest BCUT2D eigenvalue weighted by molar-refractivity contribution is 7.13. The van der Waals surface area contributed by atoms with Crippen LogP contribution in [0.25, 0.3) is 0 Å². The molecule has 0 N–H and O–H groups in total. The highest BCUT2D eigenvalue weighted by atomic mass is 35.5. The molecule has 1 aliphatic rings. The smallest absolute Gasteiger partial charge is 0.185 e. The lowest BCUT2D eigenvalue weighted by atomic mass is 10.1. The normalized spacial score (nSPS) is 21.9. The van der Waals surface area contributed by atoms with Gasteiger partial charge < -0.3 is 4.90 Å². The van der Waals surface area contributed by atoms with E-state index in [4.69, 9.17) is 11.6 Å². The van der Waals surface area contributed by atoms with E-state index in [1.54, 1.807) is 11.3 Å². The maximum absolute atomic E-state index is 5.75. The van der Waals surface area contributed by atoms with Crippen molar-refractivity contribution < 1.29 is 0 Å². The number of thiazole rings is 1. The van der Waals surface area contributed by atoms with Crippen LogP contribution >= 0.6 is 22.9 Å². The summed E-state index contributed by atoms with van der Waals surface area (Å²) < 4.78 is 0. The number of anilines is 1. The molecule has 1 aromatic heterocycles. The molecule has 2 nitrogen and oxygen atoms in total. The highest BCUT2D eigenvalue weighted by Crippen LogP contribution is 2.28. The average molecular weight is 231 g/mol. The number of hydrogen-bond acceptors (Lipinski definition) is 3. The molecule has 4 heteroatoms. The SMILES string of the molecule is Cc1csc(N2CCC(CCCl)C2)n1. The molecule has 1 atom stereocenters. The van der Waals surface area contributed by atoms with Gasteiger partial charge in [-0.3, -0.25) is 0 Å². The maximum Gasteiger partial charge on any atom is 0.185 e. The van der Waals surface area contributed by atoms with Crippen LogP contribution in [0.4, 0.5) is 5.13 Å². The van der Waals surface area contributed by atoms with Crippen LogP contribution in [-0.2, 0) is 0 Å². The Morgan fingerprint density at radius 1 is 1.71 bits per heavy atom. The van der Waals surface area contributed by atoms with Gasteiger partial charge in [0.1, 0.15) is 0 Å². The van der Waals surface area contributed by atoms with E-state index in [2.05, 4.69) is 15.3 Å². The predicted octanol–water partition coefficient (Wildman–Crippen LogP) is 2.91. The molecule has 14 heavy (non-hydrogen) atoms. The van der Waals surface area contributed by atoms with Crippen molar-refractivity contribution in [3.8, 4) is 0 Å². The lowest BCUT2D eigenvalue weighted by molar-refractivity contribution is 0.572. The molecule has 1 aliphatic heterocycles. The fraction of sp³-hybridized carbons (Fsp3) is 0.700. The van der Waals surface area contributed by atoms with Gasteiger partial charge in [0.2, 0.25) is 0 Å². The third-order valence-electron chi connectivity index (χ3n) is 2.68. The van der Waals surface area contributed by atoms with Crippen LogP contribution in [0.5, 0.6) is 0 Å². The Balaban J connectivity index is 1.95. The molecule has 0 bridgehead atoms. The van der Waals surface area contributed by atoms with Crippen molar-refractivity contribution in [2.75, 3.05) is 23.9 Å². The second-order valence-corrected chi connectivity index (χ2v) is 5.06. The first-order chi connectivity index (χ1) is 6.79. The van der Waals surface area contributed by atoms with Crippen molar-refractivity contribution in [2.45, 2.75) is 19.8 Å². The van der Waals surface area contributed by atoms with Crippen LogP contribution in [0.2, 0.25) is 0 Å². The van der Waals surface area contributed by atoms with E-state index in [1.807, 2.05) is 6.92 Å². The molecule has 0 amide bonds. The molecular weight excluding hydrogens is 216 g/mol. The molecule has 78 valence electrons. The molecule has 0 aliphatic carbocycles. The zero-order valence-corrected chi connectivity index (χ0v) is 9.94. The molecule has 1 saturated heterocycles. The van der Waals surface area contributed by atoms with Gasteiger partial charge in [-0.2, -0.15) is 0 Å². The monoisotopic (exact) mass is 230 g/mol. The van der Waals surface area contributed by atoms with Gasteiger partial charge in [-0.15, -0.1) is 22.9 Å². The van der Waals surface area contributed by atoms with Gasteiger partial charge in [-0.25, -0.2) is 4.98 Å². The number of halogens is 1. The first-order valence-electron chi connectivity index (χ1n) is 5.02. The number of hydrogen-bond donors (Lipinski definition) is 0. The molecule has 2 rings (SSSR count). The molecule has 1 aromatic rings. The van der Waals surface area contributed by atoms with Crippen LogP contribution in [0.1, 0.15) is 18.5 Å². The molecule has 1 unspecified atom stereocenters. The Morgan fingerprint density at radius 2 is 2.57 bits per heavy atom. The van der Waals surface area contributed by atoms with Crippen LogP contribution in [-0.4, -0.2) is 24.0 Å². The summed E-state index contributed by atoms with van der Waals surface area (Å²) in [4.78, 5) is 6.88. The van der Waals surface area contributed by atoms with E-state index in [0.717, 1.165) is 37.0 Å². The summed E-state index contributed by atoms with van der Waals surface area (Å²) in [6.07, 6.45) is 2.41. The summed E-state index contributed by atoms with van der Waals surface area (Å²) in [5.41, 5.74) is 1.13. The van der Waals surface area contributed by atoms with E-state index in [9.17, 15) is 0 Å². The molecule has 0 spiro atoms. The third kappa shape index (κ3) is 2.20. The Labute approximate surface area is 93.9 Å². The first kappa shape index (κ1) is 10.2. The van der Waals surface area contributed by atoms with Crippen molar-refractivity contribution in [1.82, 2.24) is 4.98 Å². The topological polar surface area (TPSA) is 16.1 Å². The van der Waals surface area contributed by atoms with E-state index in [-0.39, 0.29) is 0 Å². The van der Waals surface area contributed by atoms with Gasteiger partial charge in [0, 0.05) is 24.3 Å². The maximum atomic E-state index is 5.75. The van der Waals surface area contributed by atoms with E-state index < -0.39 is 0 Å². The molecule has 1 fully saturated rings. The predicted molar refractivity (Wildman–Crippen MR) is 62.5 cm³/mol. The molecule has 0 radical (unpaired) electrons. The van der Waals surface area contributed by atoms with E-state index in [1.165, 1.54) is 11.6 Å². The first-order valence-corrected chi connectivity index (χ1v) is 6.44. The molecular formula is C10H15ClN2S. The number of aromatic nitrogens is 1. The number of alkyl halides is 1. The zero-order valence-electron chi connectivity index (χ0n) is 8.37. The lowest BCUT2D eigenvalue weighted by Crippen LogP contribution is -2.19. The van der Waals surface area contributed by atoms with Crippen molar-refractivity contribution in [3.05, 3.63) is 11.1 Å². The van der Waals surface area contributed by atoms with Crippen LogP contribution in [0, 0.1) is 12.8 Å². The number of aryl methyl sites for hydroxylation is 1. The van der Waals surface area contributed by atoms with Crippen molar-refractivity contribution >= 4 is 28.1 Å². The fourth-order valence-electron chi connectivity index (χ4n) is 1.88. The largest absolute Gasteiger partial charge is 0.348 e. The van der Waals surface area contributed by atoms with Crippen molar-refractivity contribution in [2.24, 2.45) is 5.92 Å². The van der Waals surface area contributed by atoms with Crippen LogP contribution < -0.4 is 4.90 Å². The Morgan fingerprint density at radius 3 is 3.21 bits per heavy atom. The molecule has 2 heterocycles. The minimum Gasteiger partial charge on any atom is -0.348 e. The van der Waals surface area contributed by atoms with Gasteiger partial charge >= 0.3 is 0 Å². The minimum atomic E-state index is 0.775. The van der Waals surface area contributed by atoms with Crippen LogP contribution in [0.15, 0.2) is 5.38 Å². The summed E-state index contributed by atoms with van der Waals surface area (Å²) in [5, 5.41) is 3.30. The van der Waals surface area contributed by atoms with Crippen molar-refractivity contribution in [1.29, 1.82) is 0 Å². The molecule has 0 saturated carbocycles. The minimum absolute atomic E-state index is 0.775. The van der Waals surface area contributed by atoms with Crippen molar-refractivity contribution in [3.63, 3.8) is 0 Å². The summed E-state index contributed by atoms with van der Waals surface area (Å²) >= 11 is 7.50. The lowest BCUT2D eigenvalue weighted by Gasteiger charge is -2.14. The van der Waals surface area contributed by atoms with E-state index in [0.29, 0.717) is 0 Å². The summed E-state index contributed by atoms with van der Waals surface area (Å²) in [6.45, 7) is 4.33. The second-order valence-electron chi connectivity index (χ2n) is 3.85. The van der Waals surface area contributed by atoms with Gasteiger partial charge in [0.25, 0.3) is 0 Å². The average Bonchev–Trinajstić information content (AvgIpc) is 2.74. The quantitative estimate of drug-likeness (QED) is 0.743. The Hall–Kier alpha value is -0.280. The Kier molecular flexibility index (Phi) is 3.29. The summed E-state index contributed by atoms with van der Waals surface area (Å²) in [5.74, 6) is 1.56. The Bertz CT molecular complexity index is 300. The summed E-state index contributed by atoms with van der Waals surface area (Å²) in [7, 11) is 0. The highest BCUT2D eigenvalue weighted by Gasteiger charge is 2.23. The molecule has 0 aromatic carbocycles. The zero-order chi connectivity index (χ0) is 9.97.